The maximum atomic E-state index is 13.2. The fourth-order valence-corrected chi connectivity index (χ4v) is 5.53. The highest BCUT2D eigenvalue weighted by molar-refractivity contribution is 7.15. The fourth-order valence-electron chi connectivity index (χ4n) is 4.91. The number of nitrogens with zero attached hydrogens (tertiary/aromatic N) is 4. The first-order valence-corrected chi connectivity index (χ1v) is 10.9. The van der Waals surface area contributed by atoms with Crippen molar-refractivity contribution in [1.29, 1.82) is 0 Å². The molecule has 5 unspecified atom stereocenters. The maximum Gasteiger partial charge on any atom is 0.445 e. The molecule has 11 nitrogen and oxygen atoms in total. The molecule has 1 N–H and O–H groups in total. The van der Waals surface area contributed by atoms with Crippen molar-refractivity contribution in [1.82, 2.24) is 15.1 Å². The Labute approximate surface area is 191 Å². The zero-order chi connectivity index (χ0) is 24.4. The number of carbonyl (C=O) groups excluding carboxylic acids is 3. The van der Waals surface area contributed by atoms with Gasteiger partial charge < -0.3 is 9.73 Å². The molecule has 2 fully saturated rings. The Bertz CT molecular complexity index is 1210. The Morgan fingerprint density at radius 1 is 1.24 bits per heavy atom. The number of fused-ring (bicyclic) bond motifs is 5. The van der Waals surface area contributed by atoms with E-state index in [0.29, 0.717) is 6.42 Å². The first-order chi connectivity index (χ1) is 16.0. The number of amides is 3. The fraction of sp³-hybridized carbons (Fsp3) is 0.421. The van der Waals surface area contributed by atoms with E-state index in [0.717, 1.165) is 11.0 Å². The van der Waals surface area contributed by atoms with Gasteiger partial charge in [0.15, 0.2) is 0 Å². The third-order valence-corrected chi connectivity index (χ3v) is 7.11. The van der Waals surface area contributed by atoms with E-state index in [1.165, 1.54) is 6.07 Å². The number of hydrogen-bond donors (Lipinski definition) is 1. The molecular weight excluding hydrogens is 483 g/mol. The molecule has 2 aromatic rings. The van der Waals surface area contributed by atoms with Crippen molar-refractivity contribution < 1.29 is 36.9 Å². The van der Waals surface area contributed by atoms with Gasteiger partial charge in [0.1, 0.15) is 16.7 Å². The van der Waals surface area contributed by atoms with Crippen molar-refractivity contribution in [2.45, 2.75) is 25.1 Å². The zero-order valence-corrected chi connectivity index (χ0v) is 17.7. The number of nitro groups is 1. The molecule has 1 saturated carbocycles. The van der Waals surface area contributed by atoms with Crippen LogP contribution in [0.3, 0.4) is 0 Å². The summed E-state index contributed by atoms with van der Waals surface area (Å²) < 4.78 is 43.4. The van der Waals surface area contributed by atoms with Gasteiger partial charge in [0.05, 0.1) is 24.3 Å². The van der Waals surface area contributed by atoms with Gasteiger partial charge in [0.2, 0.25) is 27.9 Å². The Hall–Kier alpha value is -3.62. The number of hydrogen-bond acceptors (Lipinski definition) is 9. The number of allylic oxidation sites excluding steroid dienone is 2. The average molecular weight is 497 g/mol. The number of alkyl halides is 3. The van der Waals surface area contributed by atoms with Crippen LogP contribution in [-0.4, -0.2) is 37.7 Å². The van der Waals surface area contributed by atoms with Crippen LogP contribution in [0.15, 0.2) is 28.7 Å². The number of nitrogens with one attached hydrogen (secondary N) is 1. The van der Waals surface area contributed by atoms with E-state index in [9.17, 15) is 37.7 Å². The second-order valence-electron chi connectivity index (χ2n) is 8.16. The molecule has 1 saturated heterocycles. The molecule has 2 aromatic heterocycles. The molecule has 3 heterocycles. The van der Waals surface area contributed by atoms with Crippen LogP contribution in [0.1, 0.15) is 29.7 Å². The molecule has 3 aliphatic rings. The van der Waals surface area contributed by atoms with E-state index in [1.54, 1.807) is 0 Å². The van der Waals surface area contributed by atoms with E-state index >= 15 is 0 Å². The Kier molecular flexibility index (Phi) is 5.03. The number of aromatic nitrogens is 2. The summed E-state index contributed by atoms with van der Waals surface area (Å²) in [7, 11) is 0. The smallest absolute Gasteiger partial charge is 0.404 e. The highest BCUT2D eigenvalue weighted by Crippen LogP contribution is 2.54. The highest BCUT2D eigenvalue weighted by atomic mass is 32.1. The van der Waals surface area contributed by atoms with Crippen molar-refractivity contribution in [2.24, 2.45) is 23.7 Å². The third kappa shape index (κ3) is 3.55. The molecule has 178 valence electrons. The summed E-state index contributed by atoms with van der Waals surface area (Å²) in [6.45, 7) is 0. The lowest BCUT2D eigenvalue weighted by Crippen LogP contribution is -2.38. The van der Waals surface area contributed by atoms with E-state index in [1.807, 2.05) is 12.2 Å². The predicted molar refractivity (Wildman–Crippen MR) is 106 cm³/mol. The van der Waals surface area contributed by atoms with Crippen LogP contribution in [0.25, 0.3) is 0 Å². The standard InChI is InChI=1S/C19H14F3N5O6S/c20-19(21,22)17-24-25-18(34-17)23-11(28)6-9(10-3-4-12(33-10)27(31)32)26-15(29)13-7-1-2-8(5-7)14(13)16(26)30/h1-4,7-9,13-14H,5-6H2,(H,23,25,28). The average Bonchev–Trinajstić information content (AvgIpc) is 3.56. The van der Waals surface area contributed by atoms with Gasteiger partial charge in [-0.3, -0.25) is 29.4 Å². The molecule has 1 aliphatic heterocycles. The third-order valence-electron chi connectivity index (χ3n) is 6.23. The van der Waals surface area contributed by atoms with Gasteiger partial charge in [-0.25, -0.2) is 0 Å². The van der Waals surface area contributed by atoms with Crippen LogP contribution in [-0.2, 0) is 20.6 Å². The van der Waals surface area contributed by atoms with E-state index in [2.05, 4.69) is 15.5 Å². The van der Waals surface area contributed by atoms with Crippen molar-refractivity contribution in [3.8, 4) is 0 Å². The van der Waals surface area contributed by atoms with Gasteiger partial charge in [-0.05, 0) is 24.3 Å². The van der Waals surface area contributed by atoms with Gasteiger partial charge in [-0.2, -0.15) is 13.2 Å². The number of furan rings is 1. The molecule has 5 atom stereocenters. The minimum Gasteiger partial charge on any atom is -0.404 e. The quantitative estimate of drug-likeness (QED) is 0.277. The lowest BCUT2D eigenvalue weighted by molar-refractivity contribution is -0.402. The summed E-state index contributed by atoms with van der Waals surface area (Å²) in [6, 6.07) is 0.885. The SMILES string of the molecule is O=C(CC(c1ccc([N+](=O)[O-])o1)N1C(=O)C2C3C=CC(C3)C2C1=O)Nc1nnc(C(F)(F)F)s1. The van der Waals surface area contributed by atoms with Crippen molar-refractivity contribution >= 4 is 40.1 Å². The van der Waals surface area contributed by atoms with Gasteiger partial charge in [-0.1, -0.05) is 23.5 Å². The molecule has 0 radical (unpaired) electrons. The lowest BCUT2D eigenvalue weighted by Gasteiger charge is -2.25. The molecule has 34 heavy (non-hydrogen) atoms. The Morgan fingerprint density at radius 2 is 1.88 bits per heavy atom. The monoisotopic (exact) mass is 497 g/mol. The first kappa shape index (κ1) is 22.2. The first-order valence-electron chi connectivity index (χ1n) is 10.0. The molecule has 0 spiro atoms. The van der Waals surface area contributed by atoms with Crippen LogP contribution >= 0.6 is 11.3 Å². The predicted octanol–water partition coefficient (Wildman–Crippen LogP) is 2.94. The number of imide groups is 1. The minimum atomic E-state index is -4.74. The van der Waals surface area contributed by atoms with Crippen molar-refractivity contribution in [3.05, 3.63) is 45.2 Å². The summed E-state index contributed by atoms with van der Waals surface area (Å²) in [5.74, 6) is -4.13. The van der Waals surface area contributed by atoms with E-state index < -0.39 is 69.1 Å². The maximum absolute atomic E-state index is 13.2. The van der Waals surface area contributed by atoms with Gasteiger partial charge in [0, 0.05) is 0 Å². The number of halogens is 3. The number of carbonyl (C=O) groups is 3. The van der Waals surface area contributed by atoms with Gasteiger partial charge in [-0.15, -0.1) is 10.2 Å². The minimum absolute atomic E-state index is 0.107. The largest absolute Gasteiger partial charge is 0.445 e. The van der Waals surface area contributed by atoms with Crippen LogP contribution in [0.2, 0.25) is 0 Å². The summed E-state index contributed by atoms with van der Waals surface area (Å²) >= 11 is 0.107. The summed E-state index contributed by atoms with van der Waals surface area (Å²) in [6.07, 6.45) is -0.904. The van der Waals surface area contributed by atoms with Gasteiger partial charge >= 0.3 is 12.1 Å². The normalized spacial score (nSPS) is 26.3. The van der Waals surface area contributed by atoms with E-state index in [4.69, 9.17) is 4.42 Å². The Morgan fingerprint density at radius 3 is 2.41 bits per heavy atom. The van der Waals surface area contributed by atoms with Crippen molar-refractivity contribution in [3.63, 3.8) is 0 Å². The molecule has 2 bridgehead atoms. The second-order valence-corrected chi connectivity index (χ2v) is 9.14. The molecule has 0 aromatic carbocycles. The summed E-state index contributed by atoms with van der Waals surface area (Å²) in [5, 5.41) is 17.8. The van der Waals surface area contributed by atoms with Crippen molar-refractivity contribution in [2.75, 3.05) is 5.32 Å². The van der Waals surface area contributed by atoms with Crippen LogP contribution in [0.4, 0.5) is 24.2 Å². The Balaban J connectivity index is 1.42. The number of rotatable bonds is 6. The summed E-state index contributed by atoms with van der Waals surface area (Å²) in [4.78, 5) is 50.2. The molecular formula is C19H14F3N5O6S. The van der Waals surface area contributed by atoms with Gasteiger partial charge in [0.25, 0.3) is 0 Å². The summed E-state index contributed by atoms with van der Waals surface area (Å²) in [5.41, 5.74) is 0. The number of anilines is 1. The molecule has 3 amide bonds. The van der Waals surface area contributed by atoms with Crippen LogP contribution < -0.4 is 5.32 Å². The number of likely N-dealkylation sites (tertiary alicyclic amines) is 1. The van der Waals surface area contributed by atoms with Crippen LogP contribution in [0.5, 0.6) is 0 Å². The topological polar surface area (TPSA) is 149 Å². The van der Waals surface area contributed by atoms with Crippen LogP contribution in [0, 0.1) is 33.8 Å². The zero-order valence-electron chi connectivity index (χ0n) is 16.9. The highest BCUT2D eigenvalue weighted by Gasteiger charge is 2.61. The molecule has 5 rings (SSSR count). The molecule has 2 aliphatic carbocycles. The van der Waals surface area contributed by atoms with E-state index in [-0.39, 0.29) is 28.9 Å². The lowest BCUT2D eigenvalue weighted by atomic mass is 9.85. The second kappa shape index (κ2) is 7.72. The molecule has 15 heteroatoms.